The van der Waals surface area contributed by atoms with Crippen LogP contribution >= 0.6 is 11.3 Å². The molecule has 0 fully saturated rings. The van der Waals surface area contributed by atoms with Gasteiger partial charge in [0.2, 0.25) is 5.89 Å². The third-order valence-corrected chi connectivity index (χ3v) is 3.24. The van der Waals surface area contributed by atoms with Crippen LogP contribution in [-0.2, 0) is 6.54 Å². The molecule has 16 heavy (non-hydrogen) atoms. The van der Waals surface area contributed by atoms with E-state index in [-0.39, 0.29) is 6.04 Å². The van der Waals surface area contributed by atoms with Crippen LogP contribution in [0.1, 0.15) is 34.6 Å². The normalized spacial score (nSPS) is 12.9. The summed E-state index contributed by atoms with van der Waals surface area (Å²) in [5, 5.41) is 8.21. The number of nitrogens with zero attached hydrogens (tertiary/aromatic N) is 3. The minimum absolute atomic E-state index is 0.206. The molecular weight excluding hydrogens is 224 g/mol. The fraction of sp³-hybridized carbons (Fsp3) is 0.500. The van der Waals surface area contributed by atoms with E-state index in [2.05, 4.69) is 34.3 Å². The Labute approximate surface area is 97.9 Å². The highest BCUT2D eigenvalue weighted by Gasteiger charge is 2.10. The smallest absolute Gasteiger partial charge is 0.223 e. The Bertz CT molecular complexity index is 465. The van der Waals surface area contributed by atoms with E-state index in [0.717, 1.165) is 5.01 Å². The Balaban J connectivity index is 1.91. The van der Waals surface area contributed by atoms with Crippen molar-refractivity contribution in [1.29, 1.82) is 0 Å². The largest absolute Gasteiger partial charge is 0.340 e. The van der Waals surface area contributed by atoms with Crippen LogP contribution in [0.3, 0.4) is 0 Å². The molecule has 0 radical (unpaired) electrons. The third kappa shape index (κ3) is 2.65. The molecule has 0 spiro atoms. The number of thiazole rings is 1. The Hall–Kier alpha value is -1.27. The number of hydrogen-bond donors (Lipinski definition) is 1. The number of aromatic nitrogens is 3. The van der Waals surface area contributed by atoms with Crippen LogP contribution in [0.15, 0.2) is 10.7 Å². The summed E-state index contributed by atoms with van der Waals surface area (Å²) in [5.74, 6) is 1.27. The molecule has 1 unspecified atom stereocenters. The molecule has 1 N–H and O–H groups in total. The van der Waals surface area contributed by atoms with E-state index in [1.165, 1.54) is 4.88 Å². The van der Waals surface area contributed by atoms with E-state index in [0.29, 0.717) is 18.3 Å². The molecule has 5 nitrogen and oxygen atoms in total. The summed E-state index contributed by atoms with van der Waals surface area (Å²) in [6.45, 7) is 6.50. The standard InChI is InChI=1S/C10H14N4OS/c1-6-4-12-10(16-6)7(2)11-5-9-13-8(3)15-14-9/h4,7,11H,5H2,1-3H3. The van der Waals surface area contributed by atoms with Gasteiger partial charge in [0.25, 0.3) is 0 Å². The first-order valence-corrected chi connectivity index (χ1v) is 5.91. The van der Waals surface area contributed by atoms with Crippen molar-refractivity contribution in [3.05, 3.63) is 27.8 Å². The molecule has 2 rings (SSSR count). The predicted octanol–water partition coefficient (Wildman–Crippen LogP) is 1.99. The topological polar surface area (TPSA) is 63.8 Å². The fourth-order valence-corrected chi connectivity index (χ4v) is 2.12. The summed E-state index contributed by atoms with van der Waals surface area (Å²) in [7, 11) is 0. The summed E-state index contributed by atoms with van der Waals surface area (Å²) >= 11 is 1.70. The lowest BCUT2D eigenvalue weighted by Gasteiger charge is -2.08. The van der Waals surface area contributed by atoms with Gasteiger partial charge >= 0.3 is 0 Å². The quantitative estimate of drug-likeness (QED) is 0.882. The van der Waals surface area contributed by atoms with E-state index in [1.54, 1.807) is 18.3 Å². The molecule has 0 saturated carbocycles. The maximum Gasteiger partial charge on any atom is 0.223 e. The van der Waals surface area contributed by atoms with Crippen molar-refractivity contribution in [2.24, 2.45) is 0 Å². The lowest BCUT2D eigenvalue weighted by Crippen LogP contribution is -2.18. The van der Waals surface area contributed by atoms with Gasteiger partial charge in [-0.3, -0.25) is 0 Å². The van der Waals surface area contributed by atoms with Gasteiger partial charge in [-0.2, -0.15) is 4.98 Å². The zero-order chi connectivity index (χ0) is 11.5. The van der Waals surface area contributed by atoms with Crippen molar-refractivity contribution >= 4 is 11.3 Å². The minimum atomic E-state index is 0.206. The molecule has 0 aliphatic rings. The first kappa shape index (κ1) is 11.2. The van der Waals surface area contributed by atoms with Gasteiger partial charge in [-0.15, -0.1) is 11.3 Å². The second-order valence-electron chi connectivity index (χ2n) is 3.64. The summed E-state index contributed by atoms with van der Waals surface area (Å²) in [6.07, 6.45) is 1.89. The summed E-state index contributed by atoms with van der Waals surface area (Å²) in [6, 6.07) is 0.206. The van der Waals surface area contributed by atoms with E-state index < -0.39 is 0 Å². The van der Waals surface area contributed by atoms with Crippen LogP contribution in [0.25, 0.3) is 0 Å². The van der Waals surface area contributed by atoms with Crippen LogP contribution in [0.5, 0.6) is 0 Å². The molecule has 1 atom stereocenters. The van der Waals surface area contributed by atoms with Gasteiger partial charge in [-0.05, 0) is 13.8 Å². The van der Waals surface area contributed by atoms with E-state index in [9.17, 15) is 0 Å². The van der Waals surface area contributed by atoms with Crippen LogP contribution in [0.2, 0.25) is 0 Å². The average molecular weight is 238 g/mol. The maximum absolute atomic E-state index is 4.89. The molecule has 6 heteroatoms. The Morgan fingerprint density at radius 2 is 2.31 bits per heavy atom. The second kappa shape index (κ2) is 4.71. The highest BCUT2D eigenvalue weighted by Crippen LogP contribution is 2.18. The van der Waals surface area contributed by atoms with E-state index in [4.69, 9.17) is 4.52 Å². The Morgan fingerprint density at radius 3 is 2.88 bits per heavy atom. The number of aryl methyl sites for hydroxylation is 2. The van der Waals surface area contributed by atoms with Crippen LogP contribution in [-0.4, -0.2) is 15.1 Å². The van der Waals surface area contributed by atoms with Crippen LogP contribution < -0.4 is 5.32 Å². The van der Waals surface area contributed by atoms with Gasteiger partial charge in [0.15, 0.2) is 5.82 Å². The highest BCUT2D eigenvalue weighted by molar-refractivity contribution is 7.11. The Kier molecular flexibility index (Phi) is 3.31. The van der Waals surface area contributed by atoms with Gasteiger partial charge < -0.3 is 9.84 Å². The minimum Gasteiger partial charge on any atom is -0.340 e. The van der Waals surface area contributed by atoms with Crippen molar-refractivity contribution < 1.29 is 4.52 Å². The maximum atomic E-state index is 4.89. The lowest BCUT2D eigenvalue weighted by atomic mass is 10.3. The molecular formula is C10H14N4OS. The van der Waals surface area contributed by atoms with Crippen molar-refractivity contribution in [2.75, 3.05) is 0 Å². The molecule has 0 amide bonds. The number of nitrogens with one attached hydrogen (secondary N) is 1. The average Bonchev–Trinajstić information content (AvgIpc) is 2.84. The van der Waals surface area contributed by atoms with Crippen molar-refractivity contribution in [2.45, 2.75) is 33.4 Å². The lowest BCUT2D eigenvalue weighted by molar-refractivity contribution is 0.384. The molecule has 0 aliphatic carbocycles. The van der Waals surface area contributed by atoms with Crippen molar-refractivity contribution in [1.82, 2.24) is 20.4 Å². The number of hydrogen-bond acceptors (Lipinski definition) is 6. The molecule has 0 aromatic carbocycles. The van der Waals surface area contributed by atoms with Crippen molar-refractivity contribution in [3.8, 4) is 0 Å². The third-order valence-electron chi connectivity index (χ3n) is 2.15. The molecule has 0 bridgehead atoms. The molecule has 0 aliphatic heterocycles. The number of rotatable bonds is 4. The summed E-state index contributed by atoms with van der Waals surface area (Å²) in [4.78, 5) is 9.67. The van der Waals surface area contributed by atoms with Gasteiger partial charge in [0.05, 0.1) is 12.6 Å². The van der Waals surface area contributed by atoms with Crippen LogP contribution in [0.4, 0.5) is 0 Å². The first-order chi connectivity index (χ1) is 7.65. The highest BCUT2D eigenvalue weighted by atomic mass is 32.1. The van der Waals surface area contributed by atoms with Gasteiger partial charge in [0.1, 0.15) is 5.01 Å². The molecule has 2 aromatic rings. The molecule has 2 heterocycles. The van der Waals surface area contributed by atoms with E-state index >= 15 is 0 Å². The SMILES string of the molecule is Cc1nc(CNC(C)c2ncc(C)s2)no1. The zero-order valence-electron chi connectivity index (χ0n) is 9.52. The molecule has 2 aromatic heterocycles. The molecule has 86 valence electrons. The monoisotopic (exact) mass is 238 g/mol. The summed E-state index contributed by atoms with van der Waals surface area (Å²) < 4.78 is 4.89. The van der Waals surface area contributed by atoms with Crippen LogP contribution in [0, 0.1) is 13.8 Å². The second-order valence-corrected chi connectivity index (χ2v) is 4.91. The predicted molar refractivity (Wildman–Crippen MR) is 61.1 cm³/mol. The fourth-order valence-electron chi connectivity index (χ4n) is 1.32. The van der Waals surface area contributed by atoms with Gasteiger partial charge in [0, 0.05) is 18.0 Å². The Morgan fingerprint density at radius 1 is 1.50 bits per heavy atom. The van der Waals surface area contributed by atoms with Crippen molar-refractivity contribution in [3.63, 3.8) is 0 Å². The van der Waals surface area contributed by atoms with E-state index in [1.807, 2.05) is 6.20 Å². The summed E-state index contributed by atoms with van der Waals surface area (Å²) in [5.41, 5.74) is 0. The van der Waals surface area contributed by atoms with Gasteiger partial charge in [-0.1, -0.05) is 5.16 Å². The first-order valence-electron chi connectivity index (χ1n) is 5.10. The van der Waals surface area contributed by atoms with Gasteiger partial charge in [-0.25, -0.2) is 4.98 Å². The molecule has 0 saturated heterocycles. The zero-order valence-corrected chi connectivity index (χ0v) is 10.3.